The Morgan fingerprint density at radius 2 is 1.85 bits per heavy atom. The molecule has 1 heterocycles. The smallest absolute Gasteiger partial charge is 0.363 e. The molecule has 1 aromatic heterocycles. The van der Waals surface area contributed by atoms with Crippen molar-refractivity contribution in [1.82, 2.24) is 9.97 Å². The van der Waals surface area contributed by atoms with Gasteiger partial charge in [0, 0.05) is 15.4 Å². The van der Waals surface area contributed by atoms with Gasteiger partial charge in [0.2, 0.25) is 0 Å². The number of anilines is 1. The molecular weight excluding hydrogens is 414 g/mol. The molecule has 0 aliphatic rings. The molecule has 1 atom stereocenters. The van der Waals surface area contributed by atoms with Crippen molar-refractivity contribution in [3.8, 4) is 0 Å². The van der Waals surface area contributed by atoms with E-state index in [1.807, 2.05) is 6.07 Å². The van der Waals surface area contributed by atoms with Gasteiger partial charge in [-0.05, 0) is 38.1 Å². The van der Waals surface area contributed by atoms with E-state index in [0.717, 1.165) is 10.5 Å². The van der Waals surface area contributed by atoms with Crippen molar-refractivity contribution in [2.45, 2.75) is 26.1 Å². The lowest BCUT2D eigenvalue weighted by Gasteiger charge is -2.19. The minimum atomic E-state index is -4.75. The van der Waals surface area contributed by atoms with Crippen LogP contribution in [0.4, 0.5) is 23.4 Å². The van der Waals surface area contributed by atoms with Crippen molar-refractivity contribution in [2.75, 3.05) is 5.32 Å². The standard InChI is InChI=1S/C18H14BrF4N3/c1-9(12-4-3-5-14(16(12)20)18(21,22)23)24-17-13-8-11(19)6-7-15(13)25-10(2)26-17/h3-9H,1-2H3,(H,24,25,26). The van der Waals surface area contributed by atoms with Gasteiger partial charge in [-0.3, -0.25) is 0 Å². The third-order valence-corrected chi connectivity index (χ3v) is 4.42. The molecule has 26 heavy (non-hydrogen) atoms. The number of hydrogen-bond acceptors (Lipinski definition) is 3. The second-order valence-corrected chi connectivity index (χ2v) is 6.77. The van der Waals surface area contributed by atoms with Gasteiger partial charge in [-0.15, -0.1) is 0 Å². The molecule has 0 amide bonds. The summed E-state index contributed by atoms with van der Waals surface area (Å²) >= 11 is 3.37. The van der Waals surface area contributed by atoms with Crippen molar-refractivity contribution < 1.29 is 17.6 Å². The predicted molar refractivity (Wildman–Crippen MR) is 95.4 cm³/mol. The third kappa shape index (κ3) is 3.65. The molecule has 1 N–H and O–H groups in total. The number of nitrogens with one attached hydrogen (secondary N) is 1. The highest BCUT2D eigenvalue weighted by Gasteiger charge is 2.35. The van der Waals surface area contributed by atoms with E-state index >= 15 is 0 Å². The van der Waals surface area contributed by atoms with Crippen molar-refractivity contribution in [3.05, 3.63) is 63.6 Å². The van der Waals surface area contributed by atoms with Gasteiger partial charge in [-0.2, -0.15) is 13.2 Å². The molecule has 3 nitrogen and oxygen atoms in total. The van der Waals surface area contributed by atoms with E-state index in [9.17, 15) is 17.6 Å². The van der Waals surface area contributed by atoms with Gasteiger partial charge in [0.25, 0.3) is 0 Å². The maximum absolute atomic E-state index is 14.4. The minimum Gasteiger partial charge on any atom is -0.363 e. The zero-order valence-corrected chi connectivity index (χ0v) is 15.4. The monoisotopic (exact) mass is 427 g/mol. The lowest BCUT2D eigenvalue weighted by Crippen LogP contribution is -2.15. The van der Waals surface area contributed by atoms with Crippen LogP contribution in [0.25, 0.3) is 10.9 Å². The number of halogens is 5. The molecule has 0 saturated carbocycles. The lowest BCUT2D eigenvalue weighted by atomic mass is 10.0. The Balaban J connectivity index is 2.03. The van der Waals surface area contributed by atoms with Crippen LogP contribution < -0.4 is 5.32 Å². The van der Waals surface area contributed by atoms with Crippen LogP contribution in [0, 0.1) is 12.7 Å². The van der Waals surface area contributed by atoms with Gasteiger partial charge < -0.3 is 5.32 Å². The van der Waals surface area contributed by atoms with Gasteiger partial charge >= 0.3 is 6.18 Å². The Morgan fingerprint density at radius 3 is 2.54 bits per heavy atom. The number of hydrogen-bond donors (Lipinski definition) is 1. The summed E-state index contributed by atoms with van der Waals surface area (Å²) in [6, 6.07) is 7.95. The van der Waals surface area contributed by atoms with E-state index in [1.165, 1.54) is 12.1 Å². The van der Waals surface area contributed by atoms with E-state index in [0.29, 0.717) is 22.5 Å². The highest BCUT2D eigenvalue weighted by molar-refractivity contribution is 9.10. The Labute approximate surface area is 155 Å². The van der Waals surface area contributed by atoms with Crippen molar-refractivity contribution in [3.63, 3.8) is 0 Å². The largest absolute Gasteiger partial charge is 0.419 e. The zero-order chi connectivity index (χ0) is 19.1. The molecular formula is C18H14BrF4N3. The summed E-state index contributed by atoms with van der Waals surface area (Å²) in [7, 11) is 0. The normalized spacial score (nSPS) is 13.0. The number of fused-ring (bicyclic) bond motifs is 1. The van der Waals surface area contributed by atoms with Crippen LogP contribution in [0.2, 0.25) is 0 Å². The molecule has 136 valence electrons. The number of benzene rings is 2. The van der Waals surface area contributed by atoms with Crippen LogP contribution in [0.3, 0.4) is 0 Å². The summed E-state index contributed by atoms with van der Waals surface area (Å²) in [5.41, 5.74) is -0.686. The number of nitrogens with zero attached hydrogens (tertiary/aromatic N) is 2. The zero-order valence-electron chi connectivity index (χ0n) is 13.8. The third-order valence-electron chi connectivity index (χ3n) is 3.92. The van der Waals surface area contributed by atoms with Gasteiger partial charge in [-0.25, -0.2) is 14.4 Å². The Kier molecular flexibility index (Phi) is 4.88. The van der Waals surface area contributed by atoms with Crippen LogP contribution >= 0.6 is 15.9 Å². The van der Waals surface area contributed by atoms with E-state index in [2.05, 4.69) is 31.2 Å². The topological polar surface area (TPSA) is 37.8 Å². The first-order chi connectivity index (χ1) is 12.2. The highest BCUT2D eigenvalue weighted by Crippen LogP contribution is 2.35. The van der Waals surface area contributed by atoms with Crippen LogP contribution in [0.15, 0.2) is 40.9 Å². The molecule has 0 spiro atoms. The van der Waals surface area contributed by atoms with Crippen molar-refractivity contribution >= 4 is 32.7 Å². The SMILES string of the molecule is Cc1nc(NC(C)c2cccc(C(F)(F)F)c2F)c2cc(Br)ccc2n1. The molecule has 0 bridgehead atoms. The van der Waals surface area contributed by atoms with Crippen LogP contribution in [0.5, 0.6) is 0 Å². The molecule has 2 aromatic carbocycles. The van der Waals surface area contributed by atoms with E-state index in [1.54, 1.807) is 26.0 Å². The second kappa shape index (κ2) is 6.83. The van der Waals surface area contributed by atoms with Gasteiger partial charge in [0.05, 0.1) is 17.1 Å². The fourth-order valence-electron chi connectivity index (χ4n) is 2.71. The summed E-state index contributed by atoms with van der Waals surface area (Å²) in [6.07, 6.45) is -4.75. The van der Waals surface area contributed by atoms with E-state index < -0.39 is 23.6 Å². The van der Waals surface area contributed by atoms with E-state index in [-0.39, 0.29) is 5.56 Å². The lowest BCUT2D eigenvalue weighted by molar-refractivity contribution is -0.140. The molecule has 0 aliphatic heterocycles. The summed E-state index contributed by atoms with van der Waals surface area (Å²) in [4.78, 5) is 8.65. The predicted octanol–water partition coefficient (Wildman–Crippen LogP) is 6.03. The van der Waals surface area contributed by atoms with Gasteiger partial charge in [-0.1, -0.05) is 28.1 Å². The van der Waals surface area contributed by atoms with Crippen molar-refractivity contribution in [1.29, 1.82) is 0 Å². The molecule has 8 heteroatoms. The average molecular weight is 428 g/mol. The average Bonchev–Trinajstić information content (AvgIpc) is 2.54. The quantitative estimate of drug-likeness (QED) is 0.518. The number of aromatic nitrogens is 2. The minimum absolute atomic E-state index is 0.0840. The molecule has 3 aromatic rings. The summed E-state index contributed by atoms with van der Waals surface area (Å²) in [5, 5.41) is 3.69. The fourth-order valence-corrected chi connectivity index (χ4v) is 3.07. The number of alkyl halides is 3. The summed E-state index contributed by atoms with van der Waals surface area (Å²) in [5.74, 6) is -0.353. The van der Waals surface area contributed by atoms with Crippen LogP contribution in [-0.2, 0) is 6.18 Å². The molecule has 0 fully saturated rings. The maximum atomic E-state index is 14.4. The summed E-state index contributed by atoms with van der Waals surface area (Å²) in [6.45, 7) is 3.29. The fraction of sp³-hybridized carbons (Fsp3) is 0.222. The number of aryl methyl sites for hydroxylation is 1. The first kappa shape index (κ1) is 18.6. The van der Waals surface area contributed by atoms with E-state index in [4.69, 9.17) is 0 Å². The molecule has 1 unspecified atom stereocenters. The Hall–Kier alpha value is -2.22. The first-order valence-electron chi connectivity index (χ1n) is 7.73. The number of rotatable bonds is 3. The highest BCUT2D eigenvalue weighted by atomic mass is 79.9. The molecule has 3 rings (SSSR count). The Morgan fingerprint density at radius 1 is 1.12 bits per heavy atom. The van der Waals surface area contributed by atoms with Crippen LogP contribution in [0.1, 0.15) is 29.9 Å². The molecule has 0 saturated heterocycles. The van der Waals surface area contributed by atoms with Gasteiger partial charge in [0.15, 0.2) is 0 Å². The Bertz CT molecular complexity index is 973. The van der Waals surface area contributed by atoms with Crippen molar-refractivity contribution in [2.24, 2.45) is 0 Å². The molecule has 0 aliphatic carbocycles. The van der Waals surface area contributed by atoms with Gasteiger partial charge in [0.1, 0.15) is 17.5 Å². The second-order valence-electron chi connectivity index (χ2n) is 5.85. The summed E-state index contributed by atoms with van der Waals surface area (Å²) < 4.78 is 54.0. The van der Waals surface area contributed by atoms with Crippen LogP contribution in [-0.4, -0.2) is 9.97 Å². The molecule has 0 radical (unpaired) electrons. The maximum Gasteiger partial charge on any atom is 0.419 e. The first-order valence-corrected chi connectivity index (χ1v) is 8.52.